The predicted octanol–water partition coefficient (Wildman–Crippen LogP) is -0.593. The number of aromatic nitrogens is 8. The molecule has 43 heavy (non-hydrogen) atoms. The van der Waals surface area contributed by atoms with E-state index in [4.69, 9.17) is 54.1 Å². The van der Waals surface area contributed by atoms with E-state index in [2.05, 4.69) is 50.8 Å². The monoisotopic (exact) mass is 663 g/mol. The third-order valence-corrected chi connectivity index (χ3v) is 4.75. The van der Waals surface area contributed by atoms with E-state index in [-0.39, 0.29) is 26.9 Å². The van der Waals surface area contributed by atoms with E-state index >= 15 is 0 Å². The molecule has 2 aliphatic rings. The average molecular weight is 664 g/mol. The Hall–Kier alpha value is -4.96. The number of carboxylic acids is 3. The largest absolute Gasteiger partial charge is 3.00 e. The van der Waals surface area contributed by atoms with Crippen molar-refractivity contribution in [2.24, 2.45) is 9.98 Å². The quantitative estimate of drug-likeness (QED) is 0.115. The van der Waals surface area contributed by atoms with Gasteiger partial charge in [-0.25, -0.2) is 9.98 Å². The molecular formula is C24H23CrN10O6S2. The summed E-state index contributed by atoms with van der Waals surface area (Å²) in [4.78, 5) is 35.7. The zero-order chi connectivity index (χ0) is 31.2. The maximum atomic E-state index is 8.89. The van der Waals surface area contributed by atoms with Gasteiger partial charge in [-0.05, 0) is 57.3 Å². The first-order valence-electron chi connectivity index (χ1n) is 11.6. The van der Waals surface area contributed by atoms with E-state index in [1.54, 1.807) is 0 Å². The van der Waals surface area contributed by atoms with Gasteiger partial charge in [0.15, 0.2) is 11.0 Å². The number of aromatic amines is 6. The van der Waals surface area contributed by atoms with Crippen LogP contribution >= 0.6 is 24.4 Å². The molecule has 19 heteroatoms. The third kappa shape index (κ3) is 12.2. The maximum absolute atomic E-state index is 8.89. The zero-order valence-electron chi connectivity index (χ0n) is 22.6. The van der Waals surface area contributed by atoms with Crippen LogP contribution in [0.2, 0.25) is 0 Å². The van der Waals surface area contributed by atoms with Crippen molar-refractivity contribution < 1.29 is 47.1 Å². The van der Waals surface area contributed by atoms with E-state index < -0.39 is 17.9 Å². The molecule has 5 rings (SSSR count). The van der Waals surface area contributed by atoms with Crippen LogP contribution in [-0.2, 0) is 31.7 Å². The van der Waals surface area contributed by atoms with Crippen molar-refractivity contribution in [1.82, 2.24) is 40.8 Å². The Morgan fingerprint density at radius 1 is 0.605 bits per heavy atom. The number of H-pyrrole nitrogens is 6. The minimum atomic E-state index is -1.08. The fourth-order valence-corrected chi connectivity index (χ4v) is 3.24. The number of fused-ring (bicyclic) bond motifs is 6. The molecule has 16 nitrogen and oxygen atoms in total. The summed E-state index contributed by atoms with van der Waals surface area (Å²) < 4.78 is 0.496. The van der Waals surface area contributed by atoms with Crippen LogP contribution in [0.3, 0.4) is 0 Å². The Morgan fingerprint density at radius 3 is 1.28 bits per heavy atom. The van der Waals surface area contributed by atoms with E-state index in [0.29, 0.717) is 22.4 Å². The Balaban J connectivity index is 0.000000612. The van der Waals surface area contributed by atoms with Crippen molar-refractivity contribution in [3.63, 3.8) is 0 Å². The van der Waals surface area contributed by atoms with Gasteiger partial charge >= 0.3 is 17.4 Å². The fourth-order valence-electron chi connectivity index (χ4n) is 3.05. The summed E-state index contributed by atoms with van der Waals surface area (Å²) in [5, 5.41) is 52.8. The molecule has 0 atom stereocenters. The van der Waals surface area contributed by atoms with Gasteiger partial charge in [0.2, 0.25) is 9.54 Å². The molecule has 2 aromatic carbocycles. The van der Waals surface area contributed by atoms with Crippen molar-refractivity contribution in [1.29, 1.82) is 0 Å². The number of carbonyl (C=O) groups is 3. The van der Waals surface area contributed by atoms with Crippen LogP contribution in [-0.4, -0.2) is 58.7 Å². The average Bonchev–Trinajstić information content (AvgIpc) is 3.44. The maximum Gasteiger partial charge on any atom is 3.00 e. The summed E-state index contributed by atoms with van der Waals surface area (Å²) in [6, 6.07) is 15.3. The van der Waals surface area contributed by atoms with E-state index in [1.165, 1.54) is 0 Å². The van der Waals surface area contributed by atoms with E-state index in [1.807, 2.05) is 48.5 Å². The van der Waals surface area contributed by atoms with Gasteiger partial charge in [0.25, 0.3) is 0 Å². The van der Waals surface area contributed by atoms with Crippen LogP contribution in [0.15, 0.2) is 58.5 Å². The minimum Gasteiger partial charge on any atom is -0.550 e. The molecule has 0 aliphatic carbocycles. The molecule has 0 saturated heterocycles. The van der Waals surface area contributed by atoms with Crippen molar-refractivity contribution in [3.05, 3.63) is 69.0 Å². The number of benzene rings is 2. The number of rotatable bonds is 0. The molecule has 0 bridgehead atoms. The number of carbonyl (C=O) groups excluding carboxylic acids is 3. The summed E-state index contributed by atoms with van der Waals surface area (Å²) in [7, 11) is 0. The van der Waals surface area contributed by atoms with Crippen LogP contribution in [0, 0.1) is 9.54 Å². The summed E-state index contributed by atoms with van der Waals surface area (Å²) >= 11 is 10.6. The number of nitrogens with zero attached hydrogens (tertiary/aromatic N) is 4. The van der Waals surface area contributed by atoms with Gasteiger partial charge in [0.1, 0.15) is 11.4 Å². The molecule has 0 saturated carbocycles. The first kappa shape index (κ1) is 36.1. The van der Waals surface area contributed by atoms with E-state index in [9.17, 15) is 0 Å². The van der Waals surface area contributed by atoms with E-state index in [0.717, 1.165) is 43.3 Å². The van der Waals surface area contributed by atoms with Gasteiger partial charge in [0, 0.05) is 29.0 Å². The van der Waals surface area contributed by atoms with Gasteiger partial charge in [-0.1, -0.05) is 36.4 Å². The van der Waals surface area contributed by atoms with Crippen LogP contribution in [0.25, 0.3) is 22.5 Å². The number of carboxylic acid groups (broad SMARTS) is 3. The second kappa shape index (κ2) is 17.8. The molecule has 223 valence electrons. The molecular weight excluding hydrogens is 640 g/mol. The molecule has 6 N–H and O–H groups in total. The summed E-state index contributed by atoms with van der Waals surface area (Å²) in [6.07, 6.45) is 0. The number of hydrogen-bond acceptors (Lipinski definition) is 12. The zero-order valence-corrected chi connectivity index (χ0v) is 25.5. The van der Waals surface area contributed by atoms with Crippen LogP contribution in [0.5, 0.6) is 0 Å². The van der Waals surface area contributed by atoms with Crippen LogP contribution in [0.1, 0.15) is 20.8 Å². The normalized spacial score (nSPS) is 9.74. The number of nitrogens with one attached hydrogen (secondary N) is 6. The minimum absolute atomic E-state index is 0. The van der Waals surface area contributed by atoms with Crippen LogP contribution < -0.4 is 26.3 Å². The van der Waals surface area contributed by atoms with Crippen molar-refractivity contribution in [2.45, 2.75) is 20.8 Å². The Labute approximate surface area is 263 Å². The first-order chi connectivity index (χ1) is 19.9. The Kier molecular flexibility index (Phi) is 14.9. The Morgan fingerprint density at radius 2 is 0.930 bits per heavy atom. The topological polar surface area (TPSA) is 266 Å². The van der Waals surface area contributed by atoms with Gasteiger partial charge in [-0.3, -0.25) is 30.6 Å². The number of aliphatic carboxylic acids is 3. The van der Waals surface area contributed by atoms with Crippen molar-refractivity contribution in [2.75, 3.05) is 0 Å². The SMILES string of the molecule is CC(=O)[O-].CC(=O)[O-].CC(=O)[O-].S=c1[nH]nc2c([nH][nH]c(=S)[nH][nH]c3c(n[nH]1)-c1ccccc1N=3)=Nc1ccccc1-2.[Cr+3]. The molecule has 3 aromatic rings. The van der Waals surface area contributed by atoms with Gasteiger partial charge < -0.3 is 29.7 Å². The van der Waals surface area contributed by atoms with Crippen molar-refractivity contribution >= 4 is 53.7 Å². The molecule has 3 heterocycles. The number of hydrogen-bond donors (Lipinski definition) is 6. The molecule has 0 unspecified atom stereocenters. The summed E-state index contributed by atoms with van der Waals surface area (Å²) in [5.41, 5.74) is 5.40. The molecule has 0 amide bonds. The summed E-state index contributed by atoms with van der Waals surface area (Å²) in [5.74, 6) is -3.25. The smallest absolute Gasteiger partial charge is 0.550 e. The predicted molar refractivity (Wildman–Crippen MR) is 147 cm³/mol. The molecule has 0 spiro atoms. The third-order valence-electron chi connectivity index (χ3n) is 4.36. The van der Waals surface area contributed by atoms with Crippen molar-refractivity contribution in [3.8, 4) is 22.5 Å². The molecule has 1 aromatic heterocycles. The van der Waals surface area contributed by atoms with Gasteiger partial charge in [0.05, 0.1) is 11.4 Å². The standard InChI is InChI=1S/C18H14N10S2.3C2H4O2.Cr/c29-17-25-21-13-9-5-1-3-7-11(9)19-15(13)23-27-18(30)28-24-16-14(22-26-17)10-6-2-4-8-12(10)20-16;3*1-2(3)4;/h1-8H,(H,19,23)(H,20,24)(H2,25,26,29)(H2,27,28,30);3*1H3,(H,3,4);/q;;;;+3/p-3. The van der Waals surface area contributed by atoms with Gasteiger partial charge in [-0.2, -0.15) is 10.2 Å². The fraction of sp³-hybridized carbons (Fsp3) is 0.125. The van der Waals surface area contributed by atoms with Gasteiger partial charge in [-0.15, -0.1) is 0 Å². The summed E-state index contributed by atoms with van der Waals surface area (Å²) in [6.45, 7) is 2.92. The first-order valence-corrected chi connectivity index (χ1v) is 12.4. The second-order valence-electron chi connectivity index (χ2n) is 7.73. The van der Waals surface area contributed by atoms with Crippen LogP contribution in [0.4, 0.5) is 11.4 Å². The number of para-hydroxylation sites is 2. The molecule has 2 aliphatic heterocycles. The molecule has 0 fully saturated rings. The Bertz CT molecular complexity index is 1730. The molecule has 1 radical (unpaired) electrons. The second-order valence-corrected chi connectivity index (χ2v) is 8.55.